The van der Waals surface area contributed by atoms with Crippen molar-refractivity contribution < 1.29 is 14.3 Å². The quantitative estimate of drug-likeness (QED) is 0.682. The van der Waals surface area contributed by atoms with Gasteiger partial charge in [-0.1, -0.05) is 29.8 Å². The van der Waals surface area contributed by atoms with Crippen LogP contribution in [-0.4, -0.2) is 32.0 Å². The number of aromatic hydroxyl groups is 1. The lowest BCUT2D eigenvalue weighted by atomic mass is 10.1. The van der Waals surface area contributed by atoms with E-state index in [1.165, 1.54) is 17.2 Å². The minimum atomic E-state index is -0.650. The Balaban J connectivity index is 0.00000240. The van der Waals surface area contributed by atoms with Crippen molar-refractivity contribution >= 4 is 29.9 Å². The molecule has 0 fully saturated rings. The summed E-state index contributed by atoms with van der Waals surface area (Å²) < 4.78 is 15.7. The van der Waals surface area contributed by atoms with Crippen molar-refractivity contribution in [2.24, 2.45) is 0 Å². The molecule has 6 nitrogen and oxygen atoms in total. The third kappa shape index (κ3) is 3.71. The first-order chi connectivity index (χ1) is 13.5. The molecule has 2 aromatic heterocycles. The minimum Gasteiger partial charge on any atom is -0.503 e. The molecule has 0 spiro atoms. The van der Waals surface area contributed by atoms with Crippen molar-refractivity contribution in [3.63, 3.8) is 0 Å². The molecule has 0 aliphatic carbocycles. The molecule has 1 aliphatic rings. The highest BCUT2D eigenvalue weighted by Crippen LogP contribution is 2.26. The summed E-state index contributed by atoms with van der Waals surface area (Å²) in [5.74, 6) is -1.75. The molecule has 1 aliphatic heterocycles. The zero-order chi connectivity index (χ0) is 19.8. The highest BCUT2D eigenvalue weighted by molar-refractivity contribution is 6.30. The smallest absolute Gasteiger partial charge is 0.274 e. The Labute approximate surface area is 176 Å². The molecule has 3 aromatic rings. The summed E-state index contributed by atoms with van der Waals surface area (Å²) in [5, 5.41) is 10.4. The van der Waals surface area contributed by atoms with Gasteiger partial charge in [-0.05, 0) is 12.1 Å². The maximum absolute atomic E-state index is 14.2. The molecule has 9 heteroatoms. The van der Waals surface area contributed by atoms with Crippen LogP contribution in [0, 0.1) is 5.82 Å². The van der Waals surface area contributed by atoms with E-state index in [1.807, 2.05) is 0 Å². The van der Waals surface area contributed by atoms with Gasteiger partial charge in [-0.25, -0.2) is 4.39 Å². The van der Waals surface area contributed by atoms with E-state index in [4.69, 9.17) is 11.6 Å². The molecule has 0 radical (unpaired) electrons. The molecular formula is C20H16Cl2FN3O3. The molecular weight excluding hydrogens is 420 g/mol. The number of benzene rings is 1. The first-order valence-corrected chi connectivity index (χ1v) is 8.94. The normalized spacial score (nSPS) is 13.0. The predicted octanol–water partition coefficient (Wildman–Crippen LogP) is 3.49. The minimum absolute atomic E-state index is 0. The average molecular weight is 436 g/mol. The van der Waals surface area contributed by atoms with Gasteiger partial charge in [-0.3, -0.25) is 14.6 Å². The third-order valence-corrected chi connectivity index (χ3v) is 5.01. The van der Waals surface area contributed by atoms with Crippen LogP contribution >= 0.6 is 24.0 Å². The SMILES string of the molecule is Cl.O=C1c2c(O)c(=O)c(-c3cccnc3)cn2CCN1Cc1cccc(Cl)c1F. The maximum Gasteiger partial charge on any atom is 0.274 e. The van der Waals surface area contributed by atoms with Crippen LogP contribution in [-0.2, 0) is 13.1 Å². The van der Waals surface area contributed by atoms with Gasteiger partial charge in [-0.2, -0.15) is 0 Å². The number of fused-ring (bicyclic) bond motifs is 1. The van der Waals surface area contributed by atoms with Crippen molar-refractivity contribution in [3.8, 4) is 16.9 Å². The van der Waals surface area contributed by atoms with Crippen LogP contribution in [0.5, 0.6) is 5.75 Å². The second kappa shape index (κ2) is 8.23. The van der Waals surface area contributed by atoms with Gasteiger partial charge >= 0.3 is 0 Å². The summed E-state index contributed by atoms with van der Waals surface area (Å²) in [6.07, 6.45) is 4.64. The number of carbonyl (C=O) groups excluding carboxylic acids is 1. The monoisotopic (exact) mass is 435 g/mol. The molecule has 4 rings (SSSR count). The summed E-state index contributed by atoms with van der Waals surface area (Å²) in [5.41, 5.74) is 0.322. The number of nitrogens with zero attached hydrogens (tertiary/aromatic N) is 3. The largest absolute Gasteiger partial charge is 0.503 e. The number of pyridine rings is 2. The van der Waals surface area contributed by atoms with E-state index >= 15 is 0 Å². The van der Waals surface area contributed by atoms with Gasteiger partial charge in [0.1, 0.15) is 5.82 Å². The number of rotatable bonds is 3. The molecule has 1 amide bonds. The Morgan fingerprint density at radius 1 is 1.17 bits per heavy atom. The number of carbonyl (C=O) groups is 1. The third-order valence-electron chi connectivity index (χ3n) is 4.72. The number of amides is 1. The molecule has 0 unspecified atom stereocenters. The topological polar surface area (TPSA) is 75.4 Å². The van der Waals surface area contributed by atoms with E-state index in [9.17, 15) is 19.1 Å². The average Bonchev–Trinajstić information content (AvgIpc) is 2.70. The van der Waals surface area contributed by atoms with Crippen molar-refractivity contribution in [1.82, 2.24) is 14.5 Å². The standard InChI is InChI=1S/C20H15ClFN3O3.ClH/c21-15-5-1-3-13(16(15)22)10-25-8-7-24-11-14(12-4-2-6-23-9-12)18(26)19(27)17(24)20(25)28;/h1-6,9,11,27H,7-8,10H2;1H. The second-order valence-corrected chi connectivity index (χ2v) is 6.85. The first-order valence-electron chi connectivity index (χ1n) is 8.56. The van der Waals surface area contributed by atoms with Crippen LogP contribution in [0.3, 0.4) is 0 Å². The lowest BCUT2D eigenvalue weighted by Gasteiger charge is -2.30. The summed E-state index contributed by atoms with van der Waals surface area (Å²) in [7, 11) is 0. The second-order valence-electron chi connectivity index (χ2n) is 6.44. The van der Waals surface area contributed by atoms with Gasteiger partial charge in [0.15, 0.2) is 11.4 Å². The van der Waals surface area contributed by atoms with Gasteiger partial charge in [-0.15, -0.1) is 12.4 Å². The maximum atomic E-state index is 14.2. The van der Waals surface area contributed by atoms with Crippen LogP contribution in [0.4, 0.5) is 4.39 Å². The lowest BCUT2D eigenvalue weighted by molar-refractivity contribution is 0.0681. The molecule has 1 aromatic carbocycles. The number of hydrogen-bond acceptors (Lipinski definition) is 4. The van der Waals surface area contributed by atoms with E-state index < -0.39 is 22.9 Å². The van der Waals surface area contributed by atoms with E-state index in [-0.39, 0.29) is 40.8 Å². The zero-order valence-corrected chi connectivity index (χ0v) is 16.6. The summed E-state index contributed by atoms with van der Waals surface area (Å²) in [6.45, 7) is 0.639. The fourth-order valence-corrected chi connectivity index (χ4v) is 3.48. The molecule has 0 bridgehead atoms. The van der Waals surface area contributed by atoms with Crippen molar-refractivity contribution in [1.29, 1.82) is 0 Å². The predicted molar refractivity (Wildman–Crippen MR) is 109 cm³/mol. The van der Waals surface area contributed by atoms with Gasteiger partial charge in [0.05, 0.1) is 10.6 Å². The highest BCUT2D eigenvalue weighted by Gasteiger charge is 2.30. The summed E-state index contributed by atoms with van der Waals surface area (Å²) in [4.78, 5) is 30.9. The van der Waals surface area contributed by atoms with Crippen molar-refractivity contribution in [2.75, 3.05) is 6.54 Å². The van der Waals surface area contributed by atoms with E-state index in [1.54, 1.807) is 41.2 Å². The summed E-state index contributed by atoms with van der Waals surface area (Å²) in [6, 6.07) is 7.96. The van der Waals surface area contributed by atoms with E-state index in [0.29, 0.717) is 18.7 Å². The van der Waals surface area contributed by atoms with E-state index in [0.717, 1.165) is 0 Å². The summed E-state index contributed by atoms with van der Waals surface area (Å²) >= 11 is 5.80. The molecule has 1 N–H and O–H groups in total. The van der Waals surface area contributed by atoms with Gasteiger partial charge < -0.3 is 14.6 Å². The van der Waals surface area contributed by atoms with Crippen LogP contribution in [0.25, 0.3) is 11.1 Å². The van der Waals surface area contributed by atoms with Crippen LogP contribution in [0.15, 0.2) is 53.7 Å². The van der Waals surface area contributed by atoms with Gasteiger partial charge in [0, 0.05) is 49.4 Å². The molecule has 3 heterocycles. The fraction of sp³-hybridized carbons (Fsp3) is 0.150. The fourth-order valence-electron chi connectivity index (χ4n) is 3.29. The molecule has 0 atom stereocenters. The first kappa shape index (κ1) is 20.8. The van der Waals surface area contributed by atoms with Gasteiger partial charge in [0.25, 0.3) is 5.91 Å². The number of halogens is 3. The van der Waals surface area contributed by atoms with E-state index in [2.05, 4.69) is 4.98 Å². The Morgan fingerprint density at radius 3 is 2.69 bits per heavy atom. The van der Waals surface area contributed by atoms with Gasteiger partial charge in [0.2, 0.25) is 5.43 Å². The Hall–Kier alpha value is -2.90. The Bertz CT molecular complexity index is 1140. The van der Waals surface area contributed by atoms with Crippen molar-refractivity contribution in [3.05, 3.63) is 81.2 Å². The molecule has 0 saturated carbocycles. The van der Waals surface area contributed by atoms with Crippen molar-refractivity contribution in [2.45, 2.75) is 13.1 Å². The van der Waals surface area contributed by atoms with Crippen LogP contribution in [0.1, 0.15) is 16.1 Å². The zero-order valence-electron chi connectivity index (χ0n) is 15.0. The molecule has 150 valence electrons. The Morgan fingerprint density at radius 2 is 1.97 bits per heavy atom. The lowest BCUT2D eigenvalue weighted by Crippen LogP contribution is -2.41. The molecule has 0 saturated heterocycles. The Kier molecular flexibility index (Phi) is 5.91. The molecule has 29 heavy (non-hydrogen) atoms. The highest BCUT2D eigenvalue weighted by atomic mass is 35.5. The number of hydrogen-bond donors (Lipinski definition) is 1. The van der Waals surface area contributed by atoms with Crippen LogP contribution in [0.2, 0.25) is 5.02 Å². The van der Waals surface area contributed by atoms with Crippen LogP contribution < -0.4 is 5.43 Å². The number of aromatic nitrogens is 2.